The van der Waals surface area contributed by atoms with E-state index in [1.54, 1.807) is 11.3 Å². The maximum Gasteiger partial charge on any atom is 0.274 e. The third-order valence-corrected chi connectivity index (χ3v) is 2.88. The van der Waals surface area contributed by atoms with Gasteiger partial charge in [-0.2, -0.15) is 24.5 Å². The number of aryl methyl sites for hydroxylation is 1. The molecule has 1 heterocycles. The number of rotatable bonds is 3. The van der Waals surface area contributed by atoms with Crippen LogP contribution in [0.25, 0.3) is 0 Å². The highest BCUT2D eigenvalue weighted by Gasteiger charge is 2.03. The molecule has 4 nitrogen and oxygen atoms in total. The lowest BCUT2D eigenvalue weighted by atomic mass is 10.2. The van der Waals surface area contributed by atoms with E-state index in [9.17, 15) is 8.42 Å². The molecule has 12 heavy (non-hydrogen) atoms. The lowest BCUT2D eigenvalue weighted by molar-refractivity contribution is 0.583. The summed E-state index contributed by atoms with van der Waals surface area (Å²) >= 11 is 1.54. The molecule has 0 aliphatic heterocycles. The van der Waals surface area contributed by atoms with E-state index in [1.807, 2.05) is 17.7 Å². The van der Waals surface area contributed by atoms with E-state index in [0.29, 0.717) is 0 Å². The molecule has 1 rings (SSSR count). The minimum Gasteiger partial charge on any atom is -0.216 e. The zero-order chi connectivity index (χ0) is 9.19. The fourth-order valence-corrected chi connectivity index (χ4v) is 1.96. The van der Waals surface area contributed by atoms with Gasteiger partial charge in [0.15, 0.2) is 0 Å². The number of hydrogen-bond acceptors (Lipinski definition) is 3. The van der Waals surface area contributed by atoms with Crippen molar-refractivity contribution < 1.29 is 8.42 Å². The maximum atomic E-state index is 10.5. The molecule has 6 heteroatoms. The Kier molecular flexibility index (Phi) is 2.84. The fraction of sp³-hybridized carbons (Fsp3) is 0.333. The molecule has 3 N–H and O–H groups in total. The van der Waals surface area contributed by atoms with Crippen LogP contribution in [0.3, 0.4) is 0 Å². The second-order valence-electron chi connectivity index (χ2n) is 2.45. The van der Waals surface area contributed by atoms with Crippen LogP contribution in [0.5, 0.6) is 0 Å². The lowest BCUT2D eigenvalue weighted by Crippen LogP contribution is -2.30. The Labute approximate surface area is 75.6 Å². The predicted octanol–water partition coefficient (Wildman–Crippen LogP) is 0.350. The fourth-order valence-electron chi connectivity index (χ4n) is 0.746. The molecule has 0 saturated carbocycles. The molecule has 0 atom stereocenters. The largest absolute Gasteiger partial charge is 0.274 e. The first-order valence-corrected chi connectivity index (χ1v) is 5.77. The van der Waals surface area contributed by atoms with Gasteiger partial charge in [-0.3, -0.25) is 0 Å². The zero-order valence-electron chi connectivity index (χ0n) is 6.57. The number of nitrogens with two attached hydrogens (primary N) is 1. The Morgan fingerprint density at radius 3 is 2.67 bits per heavy atom. The van der Waals surface area contributed by atoms with E-state index in [4.69, 9.17) is 5.14 Å². The minimum atomic E-state index is -3.56. The van der Waals surface area contributed by atoms with Crippen LogP contribution < -0.4 is 9.86 Å². The van der Waals surface area contributed by atoms with E-state index >= 15 is 0 Å². The summed E-state index contributed by atoms with van der Waals surface area (Å²) in [6.07, 6.45) is 0. The molecule has 1 aromatic rings. The van der Waals surface area contributed by atoms with Gasteiger partial charge in [-0.25, -0.2) is 5.14 Å². The van der Waals surface area contributed by atoms with Gasteiger partial charge in [0.2, 0.25) is 0 Å². The SMILES string of the molecule is Cc1cscc1CNS(N)(=O)=O. The molecular weight excluding hydrogens is 196 g/mol. The van der Waals surface area contributed by atoms with Crippen molar-refractivity contribution in [2.45, 2.75) is 13.5 Å². The van der Waals surface area contributed by atoms with Crippen molar-refractivity contribution in [3.63, 3.8) is 0 Å². The molecular formula is C6H10N2O2S2. The Morgan fingerprint density at radius 2 is 2.25 bits per heavy atom. The van der Waals surface area contributed by atoms with Gasteiger partial charge in [-0.05, 0) is 28.8 Å². The highest BCUT2D eigenvalue weighted by Crippen LogP contribution is 2.12. The lowest BCUT2D eigenvalue weighted by Gasteiger charge is -2.00. The van der Waals surface area contributed by atoms with Gasteiger partial charge >= 0.3 is 0 Å². The van der Waals surface area contributed by atoms with E-state index in [0.717, 1.165) is 11.1 Å². The summed E-state index contributed by atoms with van der Waals surface area (Å²) < 4.78 is 23.2. The average Bonchev–Trinajstić information content (AvgIpc) is 2.29. The van der Waals surface area contributed by atoms with E-state index < -0.39 is 10.2 Å². The van der Waals surface area contributed by atoms with Crippen LogP contribution in [0.1, 0.15) is 11.1 Å². The molecule has 0 aliphatic rings. The molecule has 0 saturated heterocycles. The molecule has 0 aromatic carbocycles. The van der Waals surface area contributed by atoms with Crippen molar-refractivity contribution >= 4 is 21.5 Å². The molecule has 0 aliphatic carbocycles. The van der Waals surface area contributed by atoms with E-state index in [2.05, 4.69) is 4.72 Å². The van der Waals surface area contributed by atoms with E-state index in [1.165, 1.54) is 0 Å². The van der Waals surface area contributed by atoms with Crippen LogP contribution in [-0.2, 0) is 16.8 Å². The Morgan fingerprint density at radius 1 is 1.58 bits per heavy atom. The third kappa shape index (κ3) is 2.90. The van der Waals surface area contributed by atoms with Crippen molar-refractivity contribution in [1.82, 2.24) is 4.72 Å². The quantitative estimate of drug-likeness (QED) is 0.749. The highest BCUT2D eigenvalue weighted by atomic mass is 32.2. The molecule has 0 fully saturated rings. The molecule has 0 bridgehead atoms. The van der Waals surface area contributed by atoms with Gasteiger partial charge in [0, 0.05) is 6.54 Å². The van der Waals surface area contributed by atoms with Crippen molar-refractivity contribution in [3.05, 3.63) is 21.9 Å². The summed E-state index contributed by atoms with van der Waals surface area (Å²) in [6.45, 7) is 2.20. The molecule has 0 amide bonds. The number of hydrogen-bond donors (Lipinski definition) is 2. The second kappa shape index (κ2) is 3.53. The maximum absolute atomic E-state index is 10.5. The van der Waals surface area contributed by atoms with Crippen LogP contribution in [0.15, 0.2) is 10.8 Å². The van der Waals surface area contributed by atoms with Gasteiger partial charge < -0.3 is 0 Å². The van der Waals surface area contributed by atoms with Crippen molar-refractivity contribution in [3.8, 4) is 0 Å². The topological polar surface area (TPSA) is 72.2 Å². The zero-order valence-corrected chi connectivity index (χ0v) is 8.21. The molecule has 68 valence electrons. The van der Waals surface area contributed by atoms with Gasteiger partial charge in [0.05, 0.1) is 0 Å². The number of nitrogens with one attached hydrogen (secondary N) is 1. The first kappa shape index (κ1) is 9.66. The van der Waals surface area contributed by atoms with Crippen LogP contribution in [0.4, 0.5) is 0 Å². The normalized spacial score (nSPS) is 11.8. The first-order chi connectivity index (χ1) is 5.49. The smallest absolute Gasteiger partial charge is 0.216 e. The summed E-state index contributed by atoms with van der Waals surface area (Å²) in [7, 11) is -3.56. The second-order valence-corrected chi connectivity index (χ2v) is 4.57. The summed E-state index contributed by atoms with van der Waals surface area (Å²) in [6, 6.07) is 0. The van der Waals surface area contributed by atoms with Crippen LogP contribution in [0.2, 0.25) is 0 Å². The summed E-state index contributed by atoms with van der Waals surface area (Å²) in [5.74, 6) is 0. The average molecular weight is 206 g/mol. The van der Waals surface area contributed by atoms with Gasteiger partial charge in [0.1, 0.15) is 0 Å². The predicted molar refractivity (Wildman–Crippen MR) is 49.0 cm³/mol. The molecule has 0 spiro atoms. The van der Waals surface area contributed by atoms with Crippen LogP contribution >= 0.6 is 11.3 Å². The highest BCUT2D eigenvalue weighted by molar-refractivity contribution is 7.87. The summed E-state index contributed by atoms with van der Waals surface area (Å²) in [5, 5.41) is 8.62. The summed E-state index contributed by atoms with van der Waals surface area (Å²) in [4.78, 5) is 0. The molecule has 0 radical (unpaired) electrons. The Hall–Kier alpha value is -0.430. The molecule has 1 aromatic heterocycles. The molecule has 0 unspecified atom stereocenters. The van der Waals surface area contributed by atoms with Crippen LogP contribution in [-0.4, -0.2) is 8.42 Å². The van der Waals surface area contributed by atoms with Crippen molar-refractivity contribution in [2.24, 2.45) is 5.14 Å². The Bertz CT molecular complexity index is 355. The first-order valence-electron chi connectivity index (χ1n) is 3.28. The standard InChI is InChI=1S/C6H10N2O2S2/c1-5-3-11-4-6(5)2-8-12(7,9)10/h3-4,8H,2H2,1H3,(H2,7,9,10). The number of thiophene rings is 1. The minimum absolute atomic E-state index is 0.272. The van der Waals surface area contributed by atoms with Gasteiger partial charge in [-0.15, -0.1) is 0 Å². The van der Waals surface area contributed by atoms with Crippen molar-refractivity contribution in [2.75, 3.05) is 0 Å². The summed E-state index contributed by atoms with van der Waals surface area (Å²) in [5.41, 5.74) is 2.05. The van der Waals surface area contributed by atoms with Gasteiger partial charge in [0.25, 0.3) is 10.2 Å². The monoisotopic (exact) mass is 206 g/mol. The van der Waals surface area contributed by atoms with Crippen molar-refractivity contribution in [1.29, 1.82) is 0 Å². The van der Waals surface area contributed by atoms with Gasteiger partial charge in [-0.1, -0.05) is 0 Å². The third-order valence-electron chi connectivity index (χ3n) is 1.43. The Balaban J connectivity index is 2.61. The van der Waals surface area contributed by atoms with E-state index in [-0.39, 0.29) is 6.54 Å². The van der Waals surface area contributed by atoms with Crippen LogP contribution in [0, 0.1) is 6.92 Å².